The van der Waals surface area contributed by atoms with E-state index >= 15 is 0 Å². The lowest BCUT2D eigenvalue weighted by Crippen LogP contribution is -2.08. The van der Waals surface area contributed by atoms with E-state index in [0.717, 1.165) is 35.5 Å². The zero-order chi connectivity index (χ0) is 17.3. The van der Waals surface area contributed by atoms with Crippen molar-refractivity contribution in [3.05, 3.63) is 0 Å². The number of hydrogen-bond acceptors (Lipinski definition) is 2. The molecule has 0 amide bonds. The highest BCUT2D eigenvalue weighted by Crippen LogP contribution is 2.24. The minimum absolute atomic E-state index is 0.337. The predicted molar refractivity (Wildman–Crippen MR) is 103 cm³/mol. The Hall–Kier alpha value is 0.976. The van der Waals surface area contributed by atoms with Crippen LogP contribution in [0.1, 0.15) is 85.5 Å². The number of halogens is 1. The summed E-state index contributed by atoms with van der Waals surface area (Å²) in [6, 6.07) is 0. The highest BCUT2D eigenvalue weighted by Gasteiger charge is 2.13. The van der Waals surface area contributed by atoms with Gasteiger partial charge >= 0.3 is 19.3 Å². The molecule has 4 heteroatoms. The van der Waals surface area contributed by atoms with Crippen molar-refractivity contribution in [2.75, 3.05) is 20.0 Å². The van der Waals surface area contributed by atoms with Gasteiger partial charge in [0.25, 0.3) is 0 Å². The summed E-state index contributed by atoms with van der Waals surface area (Å²) < 4.78 is 11.9. The van der Waals surface area contributed by atoms with E-state index in [1.54, 1.807) is 0 Å². The summed E-state index contributed by atoms with van der Waals surface area (Å²) in [7, 11) is 6.03. The van der Waals surface area contributed by atoms with E-state index in [1.807, 2.05) is 0 Å². The smallest absolute Gasteiger partial charge is 0.355 e. The highest BCUT2D eigenvalue weighted by molar-refractivity contribution is 6.94. The monoisotopic (exact) mass is 358 g/mol. The summed E-state index contributed by atoms with van der Waals surface area (Å²) in [5.74, 6) is 1.60. The lowest BCUT2D eigenvalue weighted by atomic mass is 9.91. The minimum Gasteiger partial charge on any atom is -0.355 e. The average molecular weight is 359 g/mol. The molecular formula is C19H39ClMgO2. The van der Waals surface area contributed by atoms with Crippen LogP contribution >= 0.6 is 9.07 Å². The van der Waals surface area contributed by atoms with Gasteiger partial charge in [-0.2, -0.15) is 0 Å². The second-order valence-electron chi connectivity index (χ2n) is 7.43. The van der Waals surface area contributed by atoms with Crippen molar-refractivity contribution in [3.63, 3.8) is 0 Å². The standard InChI is InChI=1S/C19H39O2.ClH.Mg/c1-5-7-8-9-10-14-20-17-21-15-11-13-19(4)16-18(3)12-6-2;;/h6,18-19H,5,7-17H2,1-4H3;1H;/q;;+1/p-1. The van der Waals surface area contributed by atoms with E-state index in [9.17, 15) is 0 Å². The molecule has 0 N–H and O–H groups in total. The first-order chi connectivity index (χ1) is 11.1. The number of rotatable bonds is 17. The molecule has 0 rings (SSSR count). The molecule has 0 aliphatic heterocycles. The summed E-state index contributed by atoms with van der Waals surface area (Å²) in [5.41, 5.74) is 0. The van der Waals surface area contributed by atoms with Crippen LogP contribution < -0.4 is 0 Å². The van der Waals surface area contributed by atoms with Gasteiger partial charge in [0.2, 0.25) is 0 Å². The fourth-order valence-electron chi connectivity index (χ4n) is 3.17. The van der Waals surface area contributed by atoms with Crippen LogP contribution in [0.3, 0.4) is 0 Å². The Bertz CT molecular complexity index is 241. The lowest BCUT2D eigenvalue weighted by molar-refractivity contribution is -0.0561. The van der Waals surface area contributed by atoms with Gasteiger partial charge in [-0.25, -0.2) is 0 Å². The molecule has 2 nitrogen and oxygen atoms in total. The summed E-state index contributed by atoms with van der Waals surface area (Å²) in [4.78, 5) is 0. The molecule has 3 atom stereocenters. The molecule has 0 bridgehead atoms. The van der Waals surface area contributed by atoms with Crippen molar-refractivity contribution in [3.8, 4) is 0 Å². The van der Waals surface area contributed by atoms with Gasteiger partial charge in [-0.1, -0.05) is 59.8 Å². The second kappa shape index (κ2) is 17.8. The van der Waals surface area contributed by atoms with E-state index in [4.69, 9.17) is 18.5 Å². The van der Waals surface area contributed by atoms with Crippen LogP contribution in [0.15, 0.2) is 0 Å². The topological polar surface area (TPSA) is 18.5 Å². The van der Waals surface area contributed by atoms with E-state index in [0.29, 0.717) is 6.79 Å². The van der Waals surface area contributed by atoms with Crippen molar-refractivity contribution < 1.29 is 9.47 Å². The van der Waals surface area contributed by atoms with Crippen molar-refractivity contribution in [2.24, 2.45) is 11.8 Å². The largest absolute Gasteiger partial charge is 0.504 e. The molecule has 3 unspecified atom stereocenters. The van der Waals surface area contributed by atoms with Gasteiger partial charge in [0.1, 0.15) is 6.79 Å². The third-order valence-electron chi connectivity index (χ3n) is 4.42. The first-order valence-corrected chi connectivity index (χ1v) is 12.8. The molecule has 23 heavy (non-hydrogen) atoms. The SMILES string of the molecule is CCCCCCCOCOCCCC(C)CC(C)C[CH](C)[Mg][Cl]. The Labute approximate surface area is 158 Å². The Morgan fingerprint density at radius 1 is 0.826 bits per heavy atom. The molecule has 0 aromatic heterocycles. The Morgan fingerprint density at radius 3 is 2.13 bits per heavy atom. The minimum atomic E-state index is -0.337. The van der Waals surface area contributed by atoms with E-state index in [2.05, 4.69) is 27.7 Å². The van der Waals surface area contributed by atoms with Crippen LogP contribution in [0.5, 0.6) is 0 Å². The van der Waals surface area contributed by atoms with Gasteiger partial charge in [0.15, 0.2) is 0 Å². The molecule has 0 aliphatic rings. The van der Waals surface area contributed by atoms with Gasteiger partial charge in [-0.3, -0.25) is 0 Å². The first-order valence-electron chi connectivity index (χ1n) is 9.81. The Morgan fingerprint density at radius 2 is 1.48 bits per heavy atom. The Balaban J connectivity index is 3.30. The van der Waals surface area contributed by atoms with E-state index in [1.165, 1.54) is 51.4 Å². The molecule has 0 aromatic carbocycles. The zero-order valence-electron chi connectivity index (χ0n) is 16.1. The maximum absolute atomic E-state index is 6.03. The summed E-state index contributed by atoms with van der Waals surface area (Å²) in [6.45, 7) is 11.4. The van der Waals surface area contributed by atoms with Crippen molar-refractivity contribution in [2.45, 2.75) is 89.5 Å². The predicted octanol–water partition coefficient (Wildman–Crippen LogP) is 6.45. The molecule has 0 heterocycles. The highest BCUT2D eigenvalue weighted by atomic mass is 35.5. The maximum Gasteiger partial charge on any atom is 0.504 e. The molecule has 0 aliphatic carbocycles. The molecule has 0 saturated carbocycles. The third kappa shape index (κ3) is 17.6. The van der Waals surface area contributed by atoms with E-state index in [-0.39, 0.29) is 19.3 Å². The average Bonchev–Trinajstić information content (AvgIpc) is 2.52. The molecule has 0 aromatic rings. The molecular weight excluding hydrogens is 320 g/mol. The van der Waals surface area contributed by atoms with Crippen LogP contribution in [-0.2, 0) is 9.47 Å². The molecule has 0 radical (unpaired) electrons. The fraction of sp³-hybridized carbons (Fsp3) is 1.00. The van der Waals surface area contributed by atoms with Crippen molar-refractivity contribution >= 4 is 28.3 Å². The van der Waals surface area contributed by atoms with Crippen LogP contribution in [0.25, 0.3) is 0 Å². The zero-order valence-corrected chi connectivity index (χ0v) is 18.3. The summed E-state index contributed by atoms with van der Waals surface area (Å²) >= 11 is -0.337. The maximum atomic E-state index is 6.03. The fourth-order valence-corrected chi connectivity index (χ4v) is 4.24. The Kier molecular flexibility index (Phi) is 18.5. The lowest BCUT2D eigenvalue weighted by Gasteiger charge is -2.19. The van der Waals surface area contributed by atoms with Crippen LogP contribution in [0, 0.1) is 11.8 Å². The molecule has 136 valence electrons. The van der Waals surface area contributed by atoms with Crippen LogP contribution in [0.2, 0.25) is 4.05 Å². The quantitative estimate of drug-likeness (QED) is 0.169. The van der Waals surface area contributed by atoms with Crippen LogP contribution in [-0.4, -0.2) is 39.3 Å². The normalized spacial score (nSPS) is 15.2. The summed E-state index contributed by atoms with van der Waals surface area (Å²) in [5, 5.41) is 0. The number of unbranched alkanes of at least 4 members (excludes halogenated alkanes) is 4. The summed E-state index contributed by atoms with van der Waals surface area (Å²) in [6.07, 6.45) is 11.5. The van der Waals surface area contributed by atoms with Gasteiger partial charge in [-0.15, -0.1) is 4.05 Å². The molecule has 0 spiro atoms. The molecule has 0 saturated heterocycles. The third-order valence-corrected chi connectivity index (χ3v) is 6.86. The molecule has 0 fully saturated rings. The van der Waals surface area contributed by atoms with Gasteiger partial charge in [0, 0.05) is 13.2 Å². The number of ether oxygens (including phenoxy) is 2. The van der Waals surface area contributed by atoms with Crippen molar-refractivity contribution in [1.82, 2.24) is 0 Å². The number of hydrogen-bond donors (Lipinski definition) is 0. The van der Waals surface area contributed by atoms with E-state index < -0.39 is 0 Å². The van der Waals surface area contributed by atoms with Gasteiger partial charge in [0.05, 0.1) is 0 Å². The van der Waals surface area contributed by atoms with Crippen LogP contribution in [0.4, 0.5) is 0 Å². The second-order valence-corrected chi connectivity index (χ2v) is 10.1. The van der Waals surface area contributed by atoms with Gasteiger partial charge < -0.3 is 18.5 Å². The first kappa shape index (κ1) is 24.0. The van der Waals surface area contributed by atoms with Gasteiger partial charge in [-0.05, 0) is 37.5 Å². The van der Waals surface area contributed by atoms with Crippen molar-refractivity contribution in [1.29, 1.82) is 0 Å².